The molecule has 0 atom stereocenters. The van der Waals surface area contributed by atoms with Crippen LogP contribution in [-0.4, -0.2) is 29.7 Å². The SMILES string of the molecule is CCN1CCOc2nccnc21. The van der Waals surface area contributed by atoms with Crippen LogP contribution in [0, 0.1) is 0 Å². The summed E-state index contributed by atoms with van der Waals surface area (Å²) in [5.41, 5.74) is 0. The first-order valence-corrected chi connectivity index (χ1v) is 4.10. The van der Waals surface area contributed by atoms with Gasteiger partial charge in [0.25, 0.3) is 5.88 Å². The maximum absolute atomic E-state index is 5.34. The monoisotopic (exact) mass is 165 g/mol. The van der Waals surface area contributed by atoms with E-state index in [9.17, 15) is 0 Å². The molecule has 1 aromatic heterocycles. The second-order valence-electron chi connectivity index (χ2n) is 2.61. The van der Waals surface area contributed by atoms with E-state index in [4.69, 9.17) is 4.74 Å². The lowest BCUT2D eigenvalue weighted by Gasteiger charge is -2.27. The van der Waals surface area contributed by atoms with Gasteiger partial charge in [-0.1, -0.05) is 0 Å². The van der Waals surface area contributed by atoms with Crippen LogP contribution in [0.2, 0.25) is 0 Å². The van der Waals surface area contributed by atoms with E-state index in [0.29, 0.717) is 12.5 Å². The number of hydrogen-bond acceptors (Lipinski definition) is 4. The lowest BCUT2D eigenvalue weighted by atomic mass is 10.4. The van der Waals surface area contributed by atoms with Crippen LogP contribution in [0.1, 0.15) is 6.92 Å². The molecular weight excluding hydrogens is 154 g/mol. The molecule has 2 heterocycles. The van der Waals surface area contributed by atoms with Gasteiger partial charge < -0.3 is 9.64 Å². The van der Waals surface area contributed by atoms with E-state index in [2.05, 4.69) is 21.8 Å². The Hall–Kier alpha value is -1.32. The van der Waals surface area contributed by atoms with Crippen LogP contribution in [0.5, 0.6) is 5.88 Å². The van der Waals surface area contributed by atoms with Crippen molar-refractivity contribution in [2.24, 2.45) is 0 Å². The van der Waals surface area contributed by atoms with Gasteiger partial charge in [-0.05, 0) is 6.92 Å². The summed E-state index contributed by atoms with van der Waals surface area (Å²) >= 11 is 0. The third-order valence-electron chi connectivity index (χ3n) is 1.93. The van der Waals surface area contributed by atoms with Gasteiger partial charge in [0.05, 0.1) is 6.54 Å². The van der Waals surface area contributed by atoms with E-state index in [1.807, 2.05) is 0 Å². The zero-order valence-electron chi connectivity index (χ0n) is 7.03. The minimum Gasteiger partial charge on any atom is -0.473 e. The Bertz CT molecular complexity index is 277. The lowest BCUT2D eigenvalue weighted by molar-refractivity contribution is 0.293. The van der Waals surface area contributed by atoms with E-state index in [1.165, 1.54) is 0 Å². The van der Waals surface area contributed by atoms with Crippen LogP contribution in [0.4, 0.5) is 5.82 Å². The number of rotatable bonds is 1. The molecule has 4 heteroatoms. The minimum atomic E-state index is 0.658. The van der Waals surface area contributed by atoms with E-state index in [0.717, 1.165) is 18.9 Å². The van der Waals surface area contributed by atoms with Gasteiger partial charge in [0.15, 0.2) is 5.82 Å². The molecule has 0 radical (unpaired) electrons. The van der Waals surface area contributed by atoms with Crippen LogP contribution >= 0.6 is 0 Å². The zero-order valence-corrected chi connectivity index (χ0v) is 7.03. The number of likely N-dealkylation sites (N-methyl/N-ethyl adjacent to an activating group) is 1. The molecule has 64 valence electrons. The predicted molar refractivity (Wildman–Crippen MR) is 45.4 cm³/mol. The van der Waals surface area contributed by atoms with Crippen molar-refractivity contribution in [3.05, 3.63) is 12.4 Å². The highest BCUT2D eigenvalue weighted by molar-refractivity contribution is 5.49. The van der Waals surface area contributed by atoms with Crippen LogP contribution in [0.3, 0.4) is 0 Å². The first kappa shape index (κ1) is 7.34. The van der Waals surface area contributed by atoms with Gasteiger partial charge in [-0.3, -0.25) is 0 Å². The summed E-state index contributed by atoms with van der Waals surface area (Å²) in [5.74, 6) is 1.52. The number of ether oxygens (including phenoxy) is 1. The normalized spacial score (nSPS) is 15.2. The zero-order chi connectivity index (χ0) is 8.39. The fourth-order valence-electron chi connectivity index (χ4n) is 1.30. The molecule has 0 N–H and O–H groups in total. The number of fused-ring (bicyclic) bond motifs is 1. The molecule has 1 aromatic rings. The number of nitrogens with zero attached hydrogens (tertiary/aromatic N) is 3. The Kier molecular flexibility index (Phi) is 1.81. The summed E-state index contributed by atoms with van der Waals surface area (Å²) < 4.78 is 5.34. The average molecular weight is 165 g/mol. The van der Waals surface area contributed by atoms with Crippen molar-refractivity contribution in [1.82, 2.24) is 9.97 Å². The van der Waals surface area contributed by atoms with Crippen LogP contribution in [0.25, 0.3) is 0 Å². The molecule has 2 rings (SSSR count). The molecule has 0 fully saturated rings. The van der Waals surface area contributed by atoms with Gasteiger partial charge in [0, 0.05) is 18.9 Å². The highest BCUT2D eigenvalue weighted by atomic mass is 16.5. The first-order chi connectivity index (χ1) is 5.92. The van der Waals surface area contributed by atoms with Crippen molar-refractivity contribution in [3.8, 4) is 5.88 Å². The summed E-state index contributed by atoms with van der Waals surface area (Å²) in [7, 11) is 0. The van der Waals surface area contributed by atoms with E-state index < -0.39 is 0 Å². The van der Waals surface area contributed by atoms with Gasteiger partial charge in [-0.25, -0.2) is 9.97 Å². The Morgan fingerprint density at radius 1 is 1.50 bits per heavy atom. The van der Waals surface area contributed by atoms with Gasteiger partial charge >= 0.3 is 0 Å². The molecule has 0 unspecified atom stereocenters. The average Bonchev–Trinajstić information content (AvgIpc) is 2.17. The van der Waals surface area contributed by atoms with Crippen molar-refractivity contribution in [2.45, 2.75) is 6.92 Å². The van der Waals surface area contributed by atoms with Crippen molar-refractivity contribution >= 4 is 5.82 Å². The first-order valence-electron chi connectivity index (χ1n) is 4.10. The summed E-state index contributed by atoms with van der Waals surface area (Å²) in [6, 6.07) is 0. The summed E-state index contributed by atoms with van der Waals surface area (Å²) in [6.07, 6.45) is 3.34. The van der Waals surface area contributed by atoms with Crippen LogP contribution in [-0.2, 0) is 0 Å². The molecule has 12 heavy (non-hydrogen) atoms. The topological polar surface area (TPSA) is 38.2 Å². The molecule has 0 saturated carbocycles. The van der Waals surface area contributed by atoms with Crippen LogP contribution < -0.4 is 9.64 Å². The van der Waals surface area contributed by atoms with Crippen molar-refractivity contribution in [1.29, 1.82) is 0 Å². The summed E-state index contributed by atoms with van der Waals surface area (Å²) in [4.78, 5) is 10.5. The highest BCUT2D eigenvalue weighted by Gasteiger charge is 2.17. The quantitative estimate of drug-likeness (QED) is 0.613. The predicted octanol–water partition coefficient (Wildman–Crippen LogP) is 0.695. The second kappa shape index (κ2) is 2.97. The number of anilines is 1. The van der Waals surface area contributed by atoms with Crippen molar-refractivity contribution < 1.29 is 4.74 Å². The molecule has 4 nitrogen and oxygen atoms in total. The van der Waals surface area contributed by atoms with Crippen molar-refractivity contribution in [3.63, 3.8) is 0 Å². The Labute approximate surface area is 71.2 Å². The molecule has 0 aromatic carbocycles. The third-order valence-corrected chi connectivity index (χ3v) is 1.93. The number of aromatic nitrogens is 2. The largest absolute Gasteiger partial charge is 0.473 e. The lowest BCUT2D eigenvalue weighted by Crippen LogP contribution is -2.33. The summed E-state index contributed by atoms with van der Waals surface area (Å²) in [5, 5.41) is 0. The smallest absolute Gasteiger partial charge is 0.257 e. The van der Waals surface area contributed by atoms with E-state index in [1.54, 1.807) is 12.4 Å². The molecule has 0 spiro atoms. The Balaban J connectivity index is 2.37. The van der Waals surface area contributed by atoms with Gasteiger partial charge in [-0.15, -0.1) is 0 Å². The number of hydrogen-bond donors (Lipinski definition) is 0. The van der Waals surface area contributed by atoms with Gasteiger partial charge in [-0.2, -0.15) is 0 Å². The minimum absolute atomic E-state index is 0.658. The highest BCUT2D eigenvalue weighted by Crippen LogP contribution is 2.24. The summed E-state index contributed by atoms with van der Waals surface area (Å²) in [6.45, 7) is 4.67. The standard InChI is InChI=1S/C8H11N3O/c1-2-11-5-6-12-8-7(11)9-3-4-10-8/h3-4H,2,5-6H2,1H3. The molecule has 0 saturated heterocycles. The Morgan fingerprint density at radius 2 is 2.33 bits per heavy atom. The molecule has 1 aliphatic heterocycles. The fourth-order valence-corrected chi connectivity index (χ4v) is 1.30. The molecule has 1 aliphatic rings. The molecule has 0 amide bonds. The van der Waals surface area contributed by atoms with E-state index >= 15 is 0 Å². The molecule has 0 bridgehead atoms. The second-order valence-corrected chi connectivity index (χ2v) is 2.61. The van der Waals surface area contributed by atoms with E-state index in [-0.39, 0.29) is 0 Å². The fraction of sp³-hybridized carbons (Fsp3) is 0.500. The Morgan fingerprint density at radius 3 is 3.17 bits per heavy atom. The van der Waals surface area contributed by atoms with Gasteiger partial charge in [0.2, 0.25) is 0 Å². The third kappa shape index (κ3) is 1.09. The molecule has 0 aliphatic carbocycles. The van der Waals surface area contributed by atoms with Crippen LogP contribution in [0.15, 0.2) is 12.4 Å². The van der Waals surface area contributed by atoms with Crippen molar-refractivity contribution in [2.75, 3.05) is 24.6 Å². The maximum Gasteiger partial charge on any atom is 0.257 e. The maximum atomic E-state index is 5.34. The van der Waals surface area contributed by atoms with Gasteiger partial charge in [0.1, 0.15) is 6.61 Å². The molecular formula is C8H11N3O.